The van der Waals surface area contributed by atoms with Crippen molar-refractivity contribution in [3.8, 4) is 0 Å². The lowest BCUT2D eigenvalue weighted by Gasteiger charge is -2.24. The second-order valence-electron chi connectivity index (χ2n) is 6.96. The smallest absolute Gasteiger partial charge is 0.240 e. The van der Waals surface area contributed by atoms with Crippen LogP contribution in [0.15, 0.2) is 29.4 Å². The molecule has 0 saturated heterocycles. The molecule has 1 heterocycles. The summed E-state index contributed by atoms with van der Waals surface area (Å²) in [5, 5.41) is 0.777. The van der Waals surface area contributed by atoms with Crippen LogP contribution in [0.25, 0.3) is 10.9 Å². The van der Waals surface area contributed by atoms with Crippen molar-refractivity contribution >= 4 is 26.7 Å². The predicted octanol–water partition coefficient (Wildman–Crippen LogP) is 3.05. The highest BCUT2D eigenvalue weighted by atomic mass is 32.2. The van der Waals surface area contributed by atoms with Gasteiger partial charge in [-0.25, -0.2) is 23.1 Å². The van der Waals surface area contributed by atoms with Crippen LogP contribution >= 0.6 is 0 Å². The lowest BCUT2D eigenvalue weighted by molar-refractivity contribution is 0.577. The van der Waals surface area contributed by atoms with Gasteiger partial charge in [-0.15, -0.1) is 0 Å². The number of nitrogens with two attached hydrogens (primary N) is 1. The first-order chi connectivity index (χ1) is 13.5. The van der Waals surface area contributed by atoms with Crippen LogP contribution in [0, 0.1) is 0 Å². The molecule has 0 radical (unpaired) electrons. The molecule has 0 spiro atoms. The maximum Gasteiger partial charge on any atom is 0.240 e. The molecule has 0 fully saturated rings. The Morgan fingerprint density at radius 1 is 1.04 bits per heavy atom. The number of benzene rings is 1. The first-order valence-electron chi connectivity index (χ1n) is 10.2. The van der Waals surface area contributed by atoms with Crippen LogP contribution in [0.2, 0.25) is 0 Å². The van der Waals surface area contributed by atoms with E-state index in [9.17, 15) is 8.42 Å². The minimum absolute atomic E-state index is 0.245. The van der Waals surface area contributed by atoms with Gasteiger partial charge in [0.25, 0.3) is 0 Å². The van der Waals surface area contributed by atoms with Crippen molar-refractivity contribution in [3.63, 3.8) is 0 Å². The van der Waals surface area contributed by atoms with Gasteiger partial charge in [0.15, 0.2) is 0 Å². The van der Waals surface area contributed by atoms with Crippen LogP contribution in [0.4, 0.5) is 5.82 Å². The summed E-state index contributed by atoms with van der Waals surface area (Å²) >= 11 is 0. The number of nitrogens with one attached hydrogen (secondary N) is 1. The van der Waals surface area contributed by atoms with E-state index in [4.69, 9.17) is 5.73 Å². The molecule has 156 valence electrons. The van der Waals surface area contributed by atoms with Gasteiger partial charge in [0.05, 0.1) is 10.4 Å². The largest absolute Gasteiger partial charge is 0.356 e. The van der Waals surface area contributed by atoms with E-state index in [1.807, 2.05) is 0 Å². The lowest BCUT2D eigenvalue weighted by Crippen LogP contribution is -2.27. The van der Waals surface area contributed by atoms with Gasteiger partial charge in [-0.05, 0) is 50.4 Å². The maximum absolute atomic E-state index is 12.7. The van der Waals surface area contributed by atoms with E-state index < -0.39 is 10.0 Å². The zero-order valence-corrected chi connectivity index (χ0v) is 17.8. The summed E-state index contributed by atoms with van der Waals surface area (Å²) in [7, 11) is -3.57. The van der Waals surface area contributed by atoms with Crippen LogP contribution in [0.1, 0.15) is 52.4 Å². The summed E-state index contributed by atoms with van der Waals surface area (Å²) in [4.78, 5) is 11.3. The molecule has 1 aromatic carbocycles. The van der Waals surface area contributed by atoms with E-state index >= 15 is 0 Å². The Morgan fingerprint density at radius 3 is 2.39 bits per heavy atom. The van der Waals surface area contributed by atoms with Crippen molar-refractivity contribution in [2.75, 3.05) is 31.1 Å². The molecule has 7 nitrogen and oxygen atoms in total. The zero-order valence-electron chi connectivity index (χ0n) is 17.0. The van der Waals surface area contributed by atoms with Crippen LogP contribution < -0.4 is 15.4 Å². The average molecular weight is 408 g/mol. The van der Waals surface area contributed by atoms with Gasteiger partial charge >= 0.3 is 0 Å². The number of fused-ring (bicyclic) bond motifs is 1. The first kappa shape index (κ1) is 22.5. The third-order valence-corrected chi connectivity index (χ3v) is 6.14. The lowest BCUT2D eigenvalue weighted by atomic mass is 10.2. The number of hydrogen-bond acceptors (Lipinski definition) is 6. The Bertz CT molecular complexity index is 834. The standard InChI is InChI=1S/C20H33N5O2S/c1-3-5-13-25(14-6-4-2)20-18-15-17(9-10-19(18)22-16-23-20)28(26,27)24-12-8-7-11-21/h9-10,15-16,24H,3-8,11-14,21H2,1-2H3. The second kappa shape index (κ2) is 11.3. The molecule has 0 bridgehead atoms. The van der Waals surface area contributed by atoms with E-state index in [-0.39, 0.29) is 4.90 Å². The molecule has 28 heavy (non-hydrogen) atoms. The fourth-order valence-corrected chi connectivity index (χ4v) is 4.12. The van der Waals surface area contributed by atoms with Crippen molar-refractivity contribution in [3.05, 3.63) is 24.5 Å². The summed E-state index contributed by atoms with van der Waals surface area (Å²) in [6.45, 7) is 7.07. The molecule has 0 aliphatic heterocycles. The van der Waals surface area contributed by atoms with Gasteiger partial charge in [-0.1, -0.05) is 26.7 Å². The van der Waals surface area contributed by atoms with Gasteiger partial charge in [-0.3, -0.25) is 0 Å². The third kappa shape index (κ3) is 6.12. The van der Waals surface area contributed by atoms with Gasteiger partial charge in [-0.2, -0.15) is 0 Å². The summed E-state index contributed by atoms with van der Waals surface area (Å²) in [5.74, 6) is 0.812. The predicted molar refractivity (Wildman–Crippen MR) is 115 cm³/mol. The highest BCUT2D eigenvalue weighted by Crippen LogP contribution is 2.26. The van der Waals surface area contributed by atoms with E-state index in [0.29, 0.717) is 13.1 Å². The monoisotopic (exact) mass is 407 g/mol. The molecule has 0 saturated carbocycles. The molecular formula is C20H33N5O2S. The summed E-state index contributed by atoms with van der Waals surface area (Å²) in [6.07, 6.45) is 7.39. The number of hydrogen-bond donors (Lipinski definition) is 2. The zero-order chi connectivity index (χ0) is 20.4. The Hall–Kier alpha value is -1.77. The molecule has 8 heteroatoms. The topological polar surface area (TPSA) is 101 Å². The van der Waals surface area contributed by atoms with Crippen LogP contribution in [0.3, 0.4) is 0 Å². The number of aromatic nitrogens is 2. The molecular weight excluding hydrogens is 374 g/mol. The maximum atomic E-state index is 12.7. The van der Waals surface area contributed by atoms with Gasteiger partial charge in [0.1, 0.15) is 12.1 Å². The van der Waals surface area contributed by atoms with E-state index in [1.54, 1.807) is 24.5 Å². The normalized spacial score (nSPS) is 11.8. The Morgan fingerprint density at radius 2 is 1.75 bits per heavy atom. The summed E-state index contributed by atoms with van der Waals surface area (Å²) in [5.41, 5.74) is 6.22. The first-order valence-corrected chi connectivity index (χ1v) is 11.7. The number of rotatable bonds is 13. The highest BCUT2D eigenvalue weighted by Gasteiger charge is 2.17. The summed E-state index contributed by atoms with van der Waals surface area (Å²) in [6, 6.07) is 5.06. The molecule has 2 aromatic rings. The van der Waals surface area contributed by atoms with Gasteiger partial charge < -0.3 is 10.6 Å². The third-order valence-electron chi connectivity index (χ3n) is 4.68. The molecule has 1 aromatic heterocycles. The Labute approximate surface area is 168 Å². The minimum atomic E-state index is -3.57. The Balaban J connectivity index is 2.36. The van der Waals surface area contributed by atoms with Crippen LogP contribution in [0.5, 0.6) is 0 Å². The molecule has 0 aliphatic rings. The second-order valence-corrected chi connectivity index (χ2v) is 8.73. The van der Waals surface area contributed by atoms with Crippen molar-refractivity contribution in [1.82, 2.24) is 14.7 Å². The molecule has 0 atom stereocenters. The molecule has 2 rings (SSSR count). The molecule has 0 aliphatic carbocycles. The Kier molecular flexibility index (Phi) is 9.08. The van der Waals surface area contributed by atoms with Crippen LogP contribution in [-0.2, 0) is 10.0 Å². The van der Waals surface area contributed by atoms with E-state index in [2.05, 4.69) is 33.4 Å². The quantitative estimate of drug-likeness (QED) is 0.495. The average Bonchev–Trinajstić information content (AvgIpc) is 2.71. The van der Waals surface area contributed by atoms with Crippen molar-refractivity contribution in [2.45, 2.75) is 57.3 Å². The highest BCUT2D eigenvalue weighted by molar-refractivity contribution is 7.89. The number of sulfonamides is 1. The van der Waals surface area contributed by atoms with Crippen molar-refractivity contribution in [1.29, 1.82) is 0 Å². The minimum Gasteiger partial charge on any atom is -0.356 e. The van der Waals surface area contributed by atoms with Gasteiger partial charge in [0, 0.05) is 25.0 Å². The fraction of sp³-hybridized carbons (Fsp3) is 0.600. The van der Waals surface area contributed by atoms with Crippen molar-refractivity contribution in [2.24, 2.45) is 5.73 Å². The molecule has 0 unspecified atom stereocenters. The number of nitrogens with zero attached hydrogens (tertiary/aromatic N) is 3. The van der Waals surface area contributed by atoms with E-state index in [1.165, 1.54) is 0 Å². The number of anilines is 1. The van der Waals surface area contributed by atoms with Gasteiger partial charge in [0.2, 0.25) is 10.0 Å². The van der Waals surface area contributed by atoms with E-state index in [0.717, 1.165) is 68.3 Å². The molecule has 3 N–H and O–H groups in total. The SMILES string of the molecule is CCCCN(CCCC)c1ncnc2ccc(S(=O)(=O)NCCCCN)cc12. The fourth-order valence-electron chi connectivity index (χ4n) is 3.02. The molecule has 0 amide bonds. The van der Waals surface area contributed by atoms with Crippen molar-refractivity contribution < 1.29 is 8.42 Å². The number of unbranched alkanes of at least 4 members (excludes halogenated alkanes) is 3. The van der Waals surface area contributed by atoms with Crippen LogP contribution in [-0.4, -0.2) is 44.6 Å². The summed E-state index contributed by atoms with van der Waals surface area (Å²) < 4.78 is 28.0.